The van der Waals surface area contributed by atoms with Crippen LogP contribution in [0.1, 0.15) is 66.8 Å². The lowest BCUT2D eigenvalue weighted by molar-refractivity contribution is -0.131. The number of anilines is 2. The number of para-hydroxylation sites is 1. The van der Waals surface area contributed by atoms with Crippen LogP contribution >= 0.6 is 0 Å². The van der Waals surface area contributed by atoms with Crippen molar-refractivity contribution < 1.29 is 19.1 Å². The maximum atomic E-state index is 15.1. The average Bonchev–Trinajstić information content (AvgIpc) is 3.75. The van der Waals surface area contributed by atoms with E-state index < -0.39 is 0 Å². The van der Waals surface area contributed by atoms with Crippen LogP contribution < -0.4 is 9.64 Å². The van der Waals surface area contributed by atoms with Crippen LogP contribution in [0.15, 0.2) is 103 Å². The fourth-order valence-corrected chi connectivity index (χ4v) is 8.70. The maximum Gasteiger partial charge on any atom is 0.264 e. The van der Waals surface area contributed by atoms with Gasteiger partial charge in [-0.25, -0.2) is 0 Å². The Balaban J connectivity index is 1.14. The molecule has 0 fully saturated rings. The van der Waals surface area contributed by atoms with Gasteiger partial charge in [0.1, 0.15) is 12.4 Å². The molecule has 4 aromatic carbocycles. The van der Waals surface area contributed by atoms with Gasteiger partial charge in [0, 0.05) is 80.7 Å². The van der Waals surface area contributed by atoms with Crippen LogP contribution in [0.2, 0.25) is 0 Å². The third-order valence-corrected chi connectivity index (χ3v) is 12.3. The average molecular weight is 818 g/mol. The molecule has 3 amide bonds. The molecule has 2 aliphatic rings. The van der Waals surface area contributed by atoms with E-state index in [-0.39, 0.29) is 30.2 Å². The van der Waals surface area contributed by atoms with Gasteiger partial charge in [0.15, 0.2) is 0 Å². The number of rotatable bonds is 11. The van der Waals surface area contributed by atoms with Crippen LogP contribution in [0.3, 0.4) is 0 Å². The second kappa shape index (κ2) is 17.3. The number of hydrogen-bond acceptors (Lipinski definition) is 6. The zero-order chi connectivity index (χ0) is 42.9. The van der Waals surface area contributed by atoms with Crippen molar-refractivity contribution in [3.8, 4) is 17.0 Å². The van der Waals surface area contributed by atoms with Crippen molar-refractivity contribution in [1.29, 1.82) is 0 Å². The summed E-state index contributed by atoms with van der Waals surface area (Å²) in [6, 6.07) is 31.8. The molecule has 314 valence electrons. The highest BCUT2D eigenvalue weighted by Gasteiger charge is 2.33. The van der Waals surface area contributed by atoms with E-state index in [1.165, 1.54) is 5.56 Å². The molecular weight excluding hydrogens is 763 g/mol. The standard InChI is InChI=1S/C50H55N7O4/c1-33-25-37-13-11-12-14-39(37)31-56(33)49(59)45-28-40-30-55(48(58)26-36-17-19-42(20-18-36)61-24-23-52(4)5)22-21-38(40)27-44(45)46-29-43(35(3)54(46)7)50(60)57(41-15-9-8-10-16-41)47-32-53(6)51-34(47)2/h8-20,27-29,32-33H,21-26,30-31H2,1-7H3/t33-/m1/s1. The molecule has 2 aromatic heterocycles. The molecular formula is C50H55N7O4. The number of hydrogen-bond donors (Lipinski definition) is 0. The van der Waals surface area contributed by atoms with Crippen LogP contribution in [0, 0.1) is 13.8 Å². The number of amides is 3. The largest absolute Gasteiger partial charge is 0.492 e. The lowest BCUT2D eigenvalue weighted by Crippen LogP contribution is -2.43. The monoisotopic (exact) mass is 817 g/mol. The number of aromatic nitrogens is 3. The summed E-state index contributed by atoms with van der Waals surface area (Å²) < 4.78 is 9.60. The Morgan fingerprint density at radius 2 is 1.54 bits per heavy atom. The molecule has 0 unspecified atom stereocenters. The third kappa shape index (κ3) is 8.48. The van der Waals surface area contributed by atoms with Gasteiger partial charge in [0.25, 0.3) is 11.8 Å². The molecule has 0 radical (unpaired) electrons. The lowest BCUT2D eigenvalue weighted by Gasteiger charge is -2.36. The summed E-state index contributed by atoms with van der Waals surface area (Å²) >= 11 is 0. The van der Waals surface area contributed by atoms with Crippen LogP contribution in [-0.2, 0) is 51.2 Å². The van der Waals surface area contributed by atoms with Gasteiger partial charge in [-0.15, -0.1) is 0 Å². The fourth-order valence-electron chi connectivity index (χ4n) is 8.70. The molecule has 0 aliphatic carbocycles. The molecule has 11 nitrogen and oxygen atoms in total. The first-order valence-corrected chi connectivity index (χ1v) is 21.1. The summed E-state index contributed by atoms with van der Waals surface area (Å²) in [6.45, 7) is 8.86. The molecule has 4 heterocycles. The summed E-state index contributed by atoms with van der Waals surface area (Å²) in [5.74, 6) is 0.568. The smallest absolute Gasteiger partial charge is 0.264 e. The highest BCUT2D eigenvalue weighted by molar-refractivity contribution is 6.13. The molecule has 6 aromatic rings. The van der Waals surface area contributed by atoms with Gasteiger partial charge in [-0.1, -0.05) is 54.6 Å². The van der Waals surface area contributed by atoms with E-state index >= 15 is 4.79 Å². The minimum Gasteiger partial charge on any atom is -0.492 e. The van der Waals surface area contributed by atoms with Crippen molar-refractivity contribution in [2.45, 2.75) is 59.2 Å². The van der Waals surface area contributed by atoms with E-state index in [0.717, 1.165) is 69.3 Å². The summed E-state index contributed by atoms with van der Waals surface area (Å²) in [5.41, 5.74) is 11.0. The fraction of sp³-hybridized carbons (Fsp3) is 0.320. The van der Waals surface area contributed by atoms with Gasteiger partial charge in [-0.05, 0) is 118 Å². The highest BCUT2D eigenvalue weighted by atomic mass is 16.5. The third-order valence-electron chi connectivity index (χ3n) is 12.3. The van der Waals surface area contributed by atoms with Crippen molar-refractivity contribution in [2.24, 2.45) is 14.1 Å². The van der Waals surface area contributed by atoms with Crippen molar-refractivity contribution in [2.75, 3.05) is 38.7 Å². The SMILES string of the molecule is Cc1nn(C)cc1N(C(=O)c1cc(-c2cc3c(cc2C(=O)N2Cc4ccccc4C[C@H]2C)CN(C(=O)Cc2ccc(OCCN(C)C)cc2)CC3)n(C)c1C)c1ccccc1. The number of nitrogens with zero attached hydrogens (tertiary/aromatic N) is 7. The minimum absolute atomic E-state index is 0.0245. The van der Waals surface area contributed by atoms with E-state index in [1.54, 1.807) is 9.58 Å². The van der Waals surface area contributed by atoms with Gasteiger partial charge < -0.3 is 24.0 Å². The quantitative estimate of drug-likeness (QED) is 0.133. The van der Waals surface area contributed by atoms with E-state index in [1.807, 2.05) is 135 Å². The second-order valence-corrected chi connectivity index (χ2v) is 16.8. The molecule has 0 N–H and O–H groups in total. The predicted molar refractivity (Wildman–Crippen MR) is 239 cm³/mol. The number of carbonyl (C=O) groups is 3. The molecule has 0 saturated heterocycles. The molecule has 0 bridgehead atoms. The van der Waals surface area contributed by atoms with Gasteiger partial charge >= 0.3 is 0 Å². The zero-order valence-electron chi connectivity index (χ0n) is 36.3. The topological polar surface area (TPSA) is 96.2 Å². The molecule has 8 rings (SSSR count). The van der Waals surface area contributed by atoms with Crippen LogP contribution in [0.25, 0.3) is 11.3 Å². The highest BCUT2D eigenvalue weighted by Crippen LogP contribution is 2.37. The zero-order valence-corrected chi connectivity index (χ0v) is 36.3. The van der Waals surface area contributed by atoms with Crippen molar-refractivity contribution in [1.82, 2.24) is 29.0 Å². The first kappa shape index (κ1) is 41.3. The van der Waals surface area contributed by atoms with Crippen molar-refractivity contribution in [3.63, 3.8) is 0 Å². The molecule has 61 heavy (non-hydrogen) atoms. The predicted octanol–water partition coefficient (Wildman–Crippen LogP) is 7.68. The van der Waals surface area contributed by atoms with Gasteiger partial charge in [0.2, 0.25) is 5.91 Å². The van der Waals surface area contributed by atoms with Crippen molar-refractivity contribution in [3.05, 3.63) is 154 Å². The van der Waals surface area contributed by atoms with E-state index in [2.05, 4.69) is 41.2 Å². The Hall–Kier alpha value is -6.46. The summed E-state index contributed by atoms with van der Waals surface area (Å²) in [4.78, 5) is 51.4. The van der Waals surface area contributed by atoms with Crippen molar-refractivity contribution >= 4 is 29.1 Å². The normalized spacial score (nSPS) is 14.8. The Morgan fingerprint density at radius 3 is 2.25 bits per heavy atom. The molecule has 11 heteroatoms. The molecule has 0 spiro atoms. The Bertz CT molecular complexity index is 2590. The Kier molecular flexibility index (Phi) is 11.7. The molecule has 1 atom stereocenters. The second-order valence-electron chi connectivity index (χ2n) is 16.8. The number of ether oxygens (including phenoxy) is 1. The maximum absolute atomic E-state index is 15.1. The molecule has 0 saturated carbocycles. The minimum atomic E-state index is -0.186. The molecule has 2 aliphatic heterocycles. The summed E-state index contributed by atoms with van der Waals surface area (Å²) in [7, 11) is 7.83. The lowest BCUT2D eigenvalue weighted by atomic mass is 9.89. The number of aryl methyl sites for hydroxylation is 2. The van der Waals surface area contributed by atoms with Gasteiger partial charge in [0.05, 0.1) is 23.4 Å². The summed E-state index contributed by atoms with van der Waals surface area (Å²) in [6.07, 6.45) is 3.55. The van der Waals surface area contributed by atoms with E-state index in [4.69, 9.17) is 4.74 Å². The summed E-state index contributed by atoms with van der Waals surface area (Å²) in [5, 5.41) is 4.56. The van der Waals surface area contributed by atoms with E-state index in [0.29, 0.717) is 49.5 Å². The van der Waals surface area contributed by atoms with Crippen LogP contribution in [0.5, 0.6) is 5.75 Å². The Morgan fingerprint density at radius 1 is 0.820 bits per heavy atom. The Labute approximate surface area is 358 Å². The number of likely N-dealkylation sites (N-methyl/N-ethyl adjacent to an activating group) is 1. The van der Waals surface area contributed by atoms with Gasteiger partial charge in [-0.2, -0.15) is 5.10 Å². The first-order chi connectivity index (χ1) is 29.4. The van der Waals surface area contributed by atoms with Crippen LogP contribution in [0.4, 0.5) is 11.4 Å². The first-order valence-electron chi connectivity index (χ1n) is 21.1. The number of carbonyl (C=O) groups excluding carboxylic acids is 3. The van der Waals surface area contributed by atoms with Crippen LogP contribution in [-0.4, -0.2) is 86.6 Å². The van der Waals surface area contributed by atoms with Gasteiger partial charge in [-0.3, -0.25) is 24.0 Å². The van der Waals surface area contributed by atoms with E-state index in [9.17, 15) is 9.59 Å². The number of fused-ring (bicyclic) bond motifs is 2. The number of benzene rings is 4.